The number of H-pyrrole nitrogens is 1. The molecule has 1 fully saturated rings. The number of nitrogens with zero attached hydrogens (tertiary/aromatic N) is 4. The molecule has 2 aromatic heterocycles. The first-order valence-corrected chi connectivity index (χ1v) is 9.28. The molecule has 28 heavy (non-hydrogen) atoms. The van der Waals surface area contributed by atoms with Gasteiger partial charge in [-0.3, -0.25) is 14.6 Å². The third-order valence-corrected chi connectivity index (χ3v) is 5.61. The van der Waals surface area contributed by atoms with Crippen LogP contribution in [0.4, 0.5) is 13.2 Å². The van der Waals surface area contributed by atoms with Gasteiger partial charge >= 0.3 is 6.18 Å². The van der Waals surface area contributed by atoms with E-state index in [1.54, 1.807) is 6.92 Å². The number of fused-ring (bicyclic) bond motifs is 1. The molecule has 150 valence electrons. The smallest absolute Gasteiger partial charge is 0.339 e. The van der Waals surface area contributed by atoms with Crippen molar-refractivity contribution in [1.82, 2.24) is 24.6 Å². The second kappa shape index (κ2) is 6.75. The molecule has 0 spiro atoms. The average Bonchev–Trinajstić information content (AvgIpc) is 3.27. The van der Waals surface area contributed by atoms with E-state index in [-0.39, 0.29) is 43.3 Å². The molecule has 10 heteroatoms. The summed E-state index contributed by atoms with van der Waals surface area (Å²) in [7, 11) is 0. The minimum absolute atomic E-state index is 0.0571. The number of piperidine rings is 1. The van der Waals surface area contributed by atoms with Crippen molar-refractivity contribution in [1.29, 1.82) is 0 Å². The summed E-state index contributed by atoms with van der Waals surface area (Å²) in [5.41, 5.74) is 2.03. The SMILES string of the molecule is Cc1c(C(=O)N2CCC(C(F)(F)F)CC2)cnn1-c1nc2c(c(=O)[nH]1)CCC2. The van der Waals surface area contributed by atoms with Crippen LogP contribution in [0, 0.1) is 12.8 Å². The van der Waals surface area contributed by atoms with Gasteiger partial charge in [-0.15, -0.1) is 0 Å². The molecule has 2 aromatic rings. The van der Waals surface area contributed by atoms with Crippen molar-refractivity contribution in [3.8, 4) is 5.95 Å². The van der Waals surface area contributed by atoms with Gasteiger partial charge in [-0.1, -0.05) is 0 Å². The molecule has 1 saturated heterocycles. The molecule has 1 aliphatic heterocycles. The molecule has 0 radical (unpaired) electrons. The average molecular weight is 395 g/mol. The summed E-state index contributed by atoms with van der Waals surface area (Å²) < 4.78 is 39.9. The van der Waals surface area contributed by atoms with E-state index in [9.17, 15) is 22.8 Å². The fraction of sp³-hybridized carbons (Fsp3) is 0.556. The highest BCUT2D eigenvalue weighted by Gasteiger charge is 2.42. The van der Waals surface area contributed by atoms with E-state index in [0.717, 1.165) is 18.5 Å². The second-order valence-electron chi connectivity index (χ2n) is 7.33. The van der Waals surface area contributed by atoms with Gasteiger partial charge in [0.1, 0.15) is 0 Å². The van der Waals surface area contributed by atoms with Gasteiger partial charge in [-0.2, -0.15) is 18.3 Å². The summed E-state index contributed by atoms with van der Waals surface area (Å²) in [4.78, 5) is 33.6. The number of aromatic amines is 1. The van der Waals surface area contributed by atoms with E-state index in [1.165, 1.54) is 15.8 Å². The molecule has 2 aliphatic rings. The second-order valence-corrected chi connectivity index (χ2v) is 7.33. The Morgan fingerprint density at radius 2 is 1.96 bits per heavy atom. The van der Waals surface area contributed by atoms with E-state index in [1.807, 2.05) is 0 Å². The van der Waals surface area contributed by atoms with E-state index in [0.29, 0.717) is 23.2 Å². The number of halogens is 3. The summed E-state index contributed by atoms with van der Waals surface area (Å²) in [5.74, 6) is -1.47. The molecule has 3 heterocycles. The Morgan fingerprint density at radius 1 is 1.25 bits per heavy atom. The lowest BCUT2D eigenvalue weighted by Gasteiger charge is -2.32. The molecular weight excluding hydrogens is 375 g/mol. The van der Waals surface area contributed by atoms with Crippen molar-refractivity contribution in [3.05, 3.63) is 39.1 Å². The Kier molecular flexibility index (Phi) is 4.51. The molecule has 0 atom stereocenters. The number of rotatable bonds is 2. The van der Waals surface area contributed by atoms with Crippen LogP contribution in [0.2, 0.25) is 0 Å². The molecular formula is C18H20F3N5O2. The van der Waals surface area contributed by atoms with Gasteiger partial charge in [0, 0.05) is 18.7 Å². The maximum absolute atomic E-state index is 12.8. The van der Waals surface area contributed by atoms with Crippen molar-refractivity contribution in [2.75, 3.05) is 13.1 Å². The van der Waals surface area contributed by atoms with Gasteiger partial charge in [-0.25, -0.2) is 9.67 Å². The molecule has 0 unspecified atom stereocenters. The van der Waals surface area contributed by atoms with Crippen LogP contribution in [0.1, 0.15) is 46.6 Å². The van der Waals surface area contributed by atoms with Crippen LogP contribution >= 0.6 is 0 Å². The number of carbonyl (C=O) groups is 1. The van der Waals surface area contributed by atoms with Crippen LogP contribution in [-0.4, -0.2) is 49.8 Å². The van der Waals surface area contributed by atoms with Crippen molar-refractivity contribution in [3.63, 3.8) is 0 Å². The first kappa shape index (κ1) is 18.7. The third kappa shape index (κ3) is 3.20. The van der Waals surface area contributed by atoms with E-state index in [2.05, 4.69) is 15.1 Å². The zero-order valence-corrected chi connectivity index (χ0v) is 15.3. The summed E-state index contributed by atoms with van der Waals surface area (Å²) >= 11 is 0. The lowest BCUT2D eigenvalue weighted by atomic mass is 9.96. The first-order valence-electron chi connectivity index (χ1n) is 9.28. The third-order valence-electron chi connectivity index (χ3n) is 5.61. The van der Waals surface area contributed by atoms with E-state index < -0.39 is 12.1 Å². The van der Waals surface area contributed by atoms with Crippen LogP contribution < -0.4 is 5.56 Å². The van der Waals surface area contributed by atoms with Crippen LogP contribution in [0.15, 0.2) is 11.0 Å². The molecule has 0 bridgehead atoms. The summed E-state index contributed by atoms with van der Waals surface area (Å²) in [6.45, 7) is 1.79. The number of hydrogen-bond acceptors (Lipinski definition) is 4. The van der Waals surface area contributed by atoms with Crippen LogP contribution in [-0.2, 0) is 12.8 Å². The fourth-order valence-electron chi connectivity index (χ4n) is 3.94. The Labute approximate surface area is 158 Å². The van der Waals surface area contributed by atoms with Gasteiger partial charge in [0.25, 0.3) is 11.5 Å². The summed E-state index contributed by atoms with van der Waals surface area (Å²) in [6, 6.07) is 0. The van der Waals surface area contributed by atoms with E-state index in [4.69, 9.17) is 0 Å². The highest BCUT2D eigenvalue weighted by molar-refractivity contribution is 5.95. The van der Waals surface area contributed by atoms with E-state index >= 15 is 0 Å². The Bertz CT molecular complexity index is 971. The number of aromatic nitrogens is 4. The maximum Gasteiger partial charge on any atom is 0.391 e. The highest BCUT2D eigenvalue weighted by atomic mass is 19.4. The molecule has 0 aromatic carbocycles. The molecule has 1 aliphatic carbocycles. The number of amides is 1. The Balaban J connectivity index is 1.55. The molecule has 1 N–H and O–H groups in total. The number of carbonyl (C=O) groups excluding carboxylic acids is 1. The van der Waals surface area contributed by atoms with Gasteiger partial charge in [0.05, 0.1) is 29.1 Å². The van der Waals surface area contributed by atoms with Gasteiger partial charge < -0.3 is 4.90 Å². The summed E-state index contributed by atoms with van der Waals surface area (Å²) in [6.07, 6.45) is -0.725. The van der Waals surface area contributed by atoms with Crippen molar-refractivity contribution >= 4 is 5.91 Å². The lowest BCUT2D eigenvalue weighted by Crippen LogP contribution is -2.42. The minimum Gasteiger partial charge on any atom is -0.339 e. The molecule has 0 saturated carbocycles. The normalized spacial score (nSPS) is 17.8. The zero-order valence-electron chi connectivity index (χ0n) is 15.3. The Hall–Kier alpha value is -2.65. The molecule has 7 nitrogen and oxygen atoms in total. The summed E-state index contributed by atoms with van der Waals surface area (Å²) in [5, 5.41) is 4.18. The van der Waals surface area contributed by atoms with Gasteiger partial charge in [0.2, 0.25) is 5.95 Å². The number of hydrogen-bond donors (Lipinski definition) is 1. The quantitative estimate of drug-likeness (QED) is 0.845. The predicted octanol–water partition coefficient (Wildman–Crippen LogP) is 2.17. The predicted molar refractivity (Wildman–Crippen MR) is 93.4 cm³/mol. The maximum atomic E-state index is 12.8. The highest BCUT2D eigenvalue weighted by Crippen LogP contribution is 2.34. The fourth-order valence-corrected chi connectivity index (χ4v) is 3.94. The lowest BCUT2D eigenvalue weighted by molar-refractivity contribution is -0.183. The minimum atomic E-state index is -4.22. The zero-order chi connectivity index (χ0) is 20.1. The topological polar surface area (TPSA) is 83.9 Å². The number of aryl methyl sites for hydroxylation is 1. The van der Waals surface area contributed by atoms with Crippen molar-refractivity contribution in [2.45, 2.75) is 45.2 Å². The van der Waals surface area contributed by atoms with Crippen LogP contribution in [0.5, 0.6) is 0 Å². The molecule has 4 rings (SSSR count). The first-order chi connectivity index (χ1) is 13.3. The number of likely N-dealkylation sites (tertiary alicyclic amines) is 1. The van der Waals surface area contributed by atoms with Gasteiger partial charge in [-0.05, 0) is 39.0 Å². The monoisotopic (exact) mass is 395 g/mol. The number of nitrogens with one attached hydrogen (secondary N) is 1. The van der Waals surface area contributed by atoms with Crippen LogP contribution in [0.3, 0.4) is 0 Å². The van der Waals surface area contributed by atoms with Crippen LogP contribution in [0.25, 0.3) is 5.95 Å². The molecule has 1 amide bonds. The van der Waals surface area contributed by atoms with Gasteiger partial charge in [0.15, 0.2) is 0 Å². The number of alkyl halides is 3. The largest absolute Gasteiger partial charge is 0.391 e. The van der Waals surface area contributed by atoms with Crippen molar-refractivity contribution in [2.24, 2.45) is 5.92 Å². The van der Waals surface area contributed by atoms with Crippen molar-refractivity contribution < 1.29 is 18.0 Å². The standard InChI is InChI=1S/C18H20F3N5O2/c1-10-13(16(28)25-7-5-11(6-8-25)18(19,20)21)9-22-26(10)17-23-14-4-2-3-12(14)15(27)24-17/h9,11H,2-8H2,1H3,(H,23,24,27). The Morgan fingerprint density at radius 3 is 2.64 bits per heavy atom.